The van der Waals surface area contributed by atoms with Crippen LogP contribution in [0.4, 0.5) is 0 Å². The van der Waals surface area contributed by atoms with E-state index >= 15 is 0 Å². The molecule has 3 aliphatic heterocycles. The van der Waals surface area contributed by atoms with E-state index in [1.807, 2.05) is 72.8 Å². The van der Waals surface area contributed by atoms with E-state index in [1.54, 1.807) is 14.7 Å². The SMILES string of the molecule is CCCCCCCCCOc1ccc(CCC(=O)N2CC(OP(=O)(OC3CN(C(=O)CCc4ccc(OCCCCCCCCC)cc4)C3)OC3CN(C(=O)CCc4ccc(OCCCCCCCCC)cc4)C3)C2)cc1. The van der Waals surface area contributed by atoms with E-state index in [0.717, 1.165) is 53.2 Å². The lowest BCUT2D eigenvalue weighted by Gasteiger charge is -2.45. The van der Waals surface area contributed by atoms with Crippen molar-refractivity contribution < 1.29 is 46.7 Å². The number of rotatable bonds is 42. The summed E-state index contributed by atoms with van der Waals surface area (Å²) in [7, 11) is -4.16. The van der Waals surface area contributed by atoms with Crippen LogP contribution in [0.5, 0.6) is 17.2 Å². The predicted octanol–water partition coefficient (Wildman–Crippen LogP) is 14.1. The van der Waals surface area contributed by atoms with Gasteiger partial charge in [0.25, 0.3) is 0 Å². The molecule has 3 aromatic rings. The molecule has 0 spiro atoms. The number of likely N-dealkylation sites (tertiary alicyclic amines) is 3. The Morgan fingerprint density at radius 2 is 0.610 bits per heavy atom. The molecule has 13 nitrogen and oxygen atoms in total. The molecule has 3 heterocycles. The fourth-order valence-corrected chi connectivity index (χ4v) is 11.6. The van der Waals surface area contributed by atoms with Gasteiger partial charge in [0.15, 0.2) is 0 Å². The second-order valence-electron chi connectivity index (χ2n) is 21.9. The number of ether oxygens (including phenoxy) is 3. The highest BCUT2D eigenvalue weighted by atomic mass is 31.2. The Hall–Kier alpha value is -4.42. The topological polar surface area (TPSA) is 133 Å². The van der Waals surface area contributed by atoms with Crippen LogP contribution < -0.4 is 14.2 Å². The highest BCUT2D eigenvalue weighted by Crippen LogP contribution is 2.55. The van der Waals surface area contributed by atoms with Crippen LogP contribution in [0.3, 0.4) is 0 Å². The minimum atomic E-state index is -4.16. The van der Waals surface area contributed by atoms with Crippen molar-refractivity contribution in [2.45, 2.75) is 212 Å². The smallest absolute Gasteiger partial charge is 0.475 e. The highest BCUT2D eigenvalue weighted by molar-refractivity contribution is 7.48. The van der Waals surface area contributed by atoms with Crippen molar-refractivity contribution in [3.63, 3.8) is 0 Å². The molecule has 0 N–H and O–H groups in total. The molecular weight excluding hydrogens is 990 g/mol. The molecule has 0 atom stereocenters. The van der Waals surface area contributed by atoms with Crippen molar-refractivity contribution in [1.29, 1.82) is 0 Å². The van der Waals surface area contributed by atoms with Crippen molar-refractivity contribution in [2.75, 3.05) is 59.1 Å². The van der Waals surface area contributed by atoms with Crippen molar-refractivity contribution in [1.82, 2.24) is 14.7 Å². The standard InChI is InChI=1S/C63H96N3O10P/c1-4-7-10-13-16-19-22-43-71-55-34-25-52(26-35-55)31-40-61(67)64-46-58(47-64)74-77(70,75-59-48-65(49-59)62(68)41-32-53-27-36-56(37-28-53)72-44-23-20-17-14-11-8-5-2)76-60-50-66(51-60)63(69)42-33-54-29-38-57(39-30-54)73-45-24-21-18-15-12-9-6-3/h25-30,34-39,58-60H,4-24,31-33,40-51H2,1-3H3. The first-order chi connectivity index (χ1) is 37.6. The summed E-state index contributed by atoms with van der Waals surface area (Å²) in [4.78, 5) is 44.9. The first kappa shape index (κ1) is 61.8. The third-order valence-corrected chi connectivity index (χ3v) is 16.8. The molecule has 3 saturated heterocycles. The van der Waals surface area contributed by atoms with Gasteiger partial charge in [-0.25, -0.2) is 4.57 Å². The maximum atomic E-state index is 14.5. The van der Waals surface area contributed by atoms with Crippen molar-refractivity contribution in [3.8, 4) is 17.2 Å². The van der Waals surface area contributed by atoms with E-state index in [1.165, 1.54) is 116 Å². The molecule has 6 rings (SSSR count). The number of phosphoric acid groups is 1. The number of phosphoric ester groups is 1. The Labute approximate surface area is 463 Å². The zero-order valence-corrected chi connectivity index (χ0v) is 48.4. The molecule has 0 aliphatic carbocycles. The predicted molar refractivity (Wildman–Crippen MR) is 307 cm³/mol. The Bertz CT molecular complexity index is 1920. The summed E-state index contributed by atoms with van der Waals surface area (Å²) in [6.07, 6.45) is 27.3. The quantitative estimate of drug-likeness (QED) is 0.0399. The van der Waals surface area contributed by atoms with E-state index in [2.05, 4.69) is 20.8 Å². The van der Waals surface area contributed by atoms with Gasteiger partial charge in [-0.05, 0) is 91.6 Å². The van der Waals surface area contributed by atoms with Crippen LogP contribution in [0, 0.1) is 0 Å². The van der Waals surface area contributed by atoms with E-state index in [0.29, 0.717) is 58.3 Å². The Kier molecular flexibility index (Phi) is 28.3. The molecule has 0 saturated carbocycles. The number of carbonyl (C=O) groups excluding carboxylic acids is 3. The number of carbonyl (C=O) groups is 3. The van der Waals surface area contributed by atoms with Crippen molar-refractivity contribution in [2.24, 2.45) is 0 Å². The monoisotopic (exact) mass is 1090 g/mol. The summed E-state index contributed by atoms with van der Waals surface area (Å²) in [5.74, 6) is 2.52. The van der Waals surface area contributed by atoms with Crippen LogP contribution >= 0.6 is 7.82 Å². The van der Waals surface area contributed by atoms with Gasteiger partial charge >= 0.3 is 7.82 Å². The normalized spacial score (nSPS) is 15.0. The zero-order chi connectivity index (χ0) is 54.3. The molecule has 0 aromatic heterocycles. The summed E-state index contributed by atoms with van der Waals surface area (Å²) in [5.41, 5.74) is 3.18. The highest BCUT2D eigenvalue weighted by Gasteiger charge is 2.46. The first-order valence-electron chi connectivity index (χ1n) is 30.3. The van der Waals surface area contributed by atoms with Gasteiger partial charge in [0.2, 0.25) is 17.7 Å². The second kappa shape index (κ2) is 35.2. The summed E-state index contributed by atoms with van der Waals surface area (Å²) in [6, 6.07) is 24.0. The lowest BCUT2D eigenvalue weighted by molar-refractivity contribution is -0.146. The van der Waals surface area contributed by atoms with Crippen LogP contribution in [0.25, 0.3) is 0 Å². The van der Waals surface area contributed by atoms with E-state index in [4.69, 9.17) is 27.8 Å². The van der Waals surface area contributed by atoms with E-state index < -0.39 is 26.1 Å². The maximum Gasteiger partial charge on any atom is 0.475 e. The molecule has 0 bridgehead atoms. The number of aryl methyl sites for hydroxylation is 3. The van der Waals surface area contributed by atoms with Gasteiger partial charge < -0.3 is 28.9 Å². The first-order valence-corrected chi connectivity index (χ1v) is 31.7. The average Bonchev–Trinajstić information content (AvgIpc) is 3.40. The fraction of sp³-hybridized carbons (Fsp3) is 0.667. The third kappa shape index (κ3) is 23.4. The minimum Gasteiger partial charge on any atom is -0.494 e. The summed E-state index contributed by atoms with van der Waals surface area (Å²) in [5, 5.41) is 0. The number of unbranched alkanes of at least 4 members (excludes halogenated alkanes) is 18. The Balaban J connectivity index is 0.911. The van der Waals surface area contributed by atoms with Crippen molar-refractivity contribution in [3.05, 3.63) is 89.5 Å². The molecule has 3 aliphatic rings. The fourth-order valence-electron chi connectivity index (χ4n) is 9.98. The Morgan fingerprint density at radius 1 is 0.377 bits per heavy atom. The molecule has 0 unspecified atom stereocenters. The number of hydrogen-bond donors (Lipinski definition) is 0. The van der Waals surface area contributed by atoms with Gasteiger partial charge in [-0.15, -0.1) is 0 Å². The molecule has 3 fully saturated rings. The molecular formula is C63H96N3O10P. The van der Waals surface area contributed by atoms with Crippen LogP contribution in [-0.2, 0) is 51.8 Å². The Morgan fingerprint density at radius 3 is 0.857 bits per heavy atom. The third-order valence-electron chi connectivity index (χ3n) is 15.1. The maximum absolute atomic E-state index is 14.5. The number of nitrogens with zero attached hydrogens (tertiary/aromatic N) is 3. The molecule has 77 heavy (non-hydrogen) atoms. The zero-order valence-electron chi connectivity index (χ0n) is 47.5. The van der Waals surface area contributed by atoms with Crippen molar-refractivity contribution >= 4 is 25.5 Å². The van der Waals surface area contributed by atoms with E-state index in [9.17, 15) is 18.9 Å². The van der Waals surface area contributed by atoms with Gasteiger partial charge in [0, 0.05) is 58.5 Å². The minimum absolute atomic E-state index is 0.00626. The molecule has 14 heteroatoms. The van der Waals surface area contributed by atoms with E-state index in [-0.39, 0.29) is 57.0 Å². The van der Waals surface area contributed by atoms with Crippen LogP contribution in [0.2, 0.25) is 0 Å². The summed E-state index contributed by atoms with van der Waals surface area (Å²) in [6.45, 7) is 10.5. The summed E-state index contributed by atoms with van der Waals surface area (Å²) >= 11 is 0. The van der Waals surface area contributed by atoms with Crippen LogP contribution in [0.1, 0.15) is 192 Å². The van der Waals surface area contributed by atoms with Gasteiger partial charge in [-0.1, -0.05) is 173 Å². The van der Waals surface area contributed by atoms with Gasteiger partial charge in [-0.3, -0.25) is 28.0 Å². The van der Waals surface area contributed by atoms with Gasteiger partial charge in [-0.2, -0.15) is 0 Å². The number of benzene rings is 3. The second-order valence-corrected chi connectivity index (χ2v) is 23.4. The van der Waals surface area contributed by atoms with Crippen LogP contribution in [-0.4, -0.2) is 110 Å². The number of hydrogen-bond acceptors (Lipinski definition) is 10. The molecule has 3 amide bonds. The summed E-state index contributed by atoms with van der Waals surface area (Å²) < 4.78 is 50.7. The average molecular weight is 1090 g/mol. The number of amides is 3. The lowest BCUT2D eigenvalue weighted by Crippen LogP contribution is -2.57. The lowest BCUT2D eigenvalue weighted by atomic mass is 10.1. The van der Waals surface area contributed by atoms with Crippen LogP contribution in [0.15, 0.2) is 72.8 Å². The molecule has 0 radical (unpaired) electrons. The largest absolute Gasteiger partial charge is 0.494 e. The van der Waals surface area contributed by atoms with Gasteiger partial charge in [0.1, 0.15) is 35.6 Å². The molecule has 428 valence electrons. The van der Waals surface area contributed by atoms with Gasteiger partial charge in [0.05, 0.1) is 19.8 Å². The molecule has 3 aromatic carbocycles.